The van der Waals surface area contributed by atoms with Crippen LogP contribution in [0, 0.1) is 10.1 Å². The molecule has 6 heteroatoms. The Morgan fingerprint density at radius 3 is 2.83 bits per heavy atom. The van der Waals surface area contributed by atoms with E-state index in [1.165, 1.54) is 0 Å². The highest BCUT2D eigenvalue weighted by atomic mass is 35.5. The van der Waals surface area contributed by atoms with E-state index in [9.17, 15) is 10.1 Å². The molecule has 0 unspecified atom stereocenters. The number of hydrogen-bond donors (Lipinski definition) is 1. The molecular weight excluding hydrogens is 254 g/mol. The van der Waals surface area contributed by atoms with Gasteiger partial charge in [0.05, 0.1) is 4.92 Å². The molecule has 1 aliphatic rings. The third-order valence-corrected chi connectivity index (χ3v) is 3.12. The van der Waals surface area contributed by atoms with Crippen LogP contribution in [-0.4, -0.2) is 29.0 Å². The first kappa shape index (κ1) is 14.9. The molecule has 1 aliphatic heterocycles. The smallest absolute Gasteiger partial charge is 0.273 e. The third kappa shape index (κ3) is 3.66. The summed E-state index contributed by atoms with van der Waals surface area (Å²) in [7, 11) is 0. The molecule has 0 radical (unpaired) electrons. The number of nitrogens with two attached hydrogens (primary N) is 1. The summed E-state index contributed by atoms with van der Waals surface area (Å²) in [5.41, 5.74) is 6.87. The van der Waals surface area contributed by atoms with Crippen molar-refractivity contribution < 1.29 is 4.92 Å². The maximum Gasteiger partial charge on any atom is 0.273 e. The monoisotopic (exact) mass is 271 g/mol. The Bertz CT molecular complexity index is 414. The van der Waals surface area contributed by atoms with Crippen molar-refractivity contribution in [2.75, 3.05) is 13.1 Å². The Kier molecular flexibility index (Phi) is 5.53. The van der Waals surface area contributed by atoms with Gasteiger partial charge in [-0.15, -0.1) is 12.4 Å². The van der Waals surface area contributed by atoms with Crippen LogP contribution in [0.5, 0.6) is 0 Å². The summed E-state index contributed by atoms with van der Waals surface area (Å²) in [6, 6.07) is 7.11. The second kappa shape index (κ2) is 6.68. The lowest BCUT2D eigenvalue weighted by atomic mass is 10.1. The summed E-state index contributed by atoms with van der Waals surface area (Å²) in [6.45, 7) is 2.41. The number of hydrogen-bond acceptors (Lipinski definition) is 4. The second-order valence-electron chi connectivity index (χ2n) is 4.52. The molecule has 0 aromatic heterocycles. The first-order chi connectivity index (χ1) is 8.16. The highest BCUT2D eigenvalue weighted by molar-refractivity contribution is 5.85. The van der Waals surface area contributed by atoms with E-state index in [1.54, 1.807) is 12.1 Å². The van der Waals surface area contributed by atoms with E-state index in [-0.39, 0.29) is 29.1 Å². The molecule has 1 heterocycles. The summed E-state index contributed by atoms with van der Waals surface area (Å²) >= 11 is 0. The van der Waals surface area contributed by atoms with E-state index in [2.05, 4.69) is 4.90 Å². The summed E-state index contributed by atoms with van der Waals surface area (Å²) in [4.78, 5) is 12.8. The van der Waals surface area contributed by atoms with Gasteiger partial charge in [0.15, 0.2) is 0 Å². The van der Waals surface area contributed by atoms with Gasteiger partial charge in [0, 0.05) is 30.8 Å². The lowest BCUT2D eigenvalue weighted by Gasteiger charge is -2.30. The number of nitrogens with zero attached hydrogens (tertiary/aromatic N) is 2. The van der Waals surface area contributed by atoms with Gasteiger partial charge in [-0.2, -0.15) is 0 Å². The zero-order valence-corrected chi connectivity index (χ0v) is 10.9. The molecule has 2 N–H and O–H groups in total. The van der Waals surface area contributed by atoms with E-state index in [0.717, 1.165) is 31.5 Å². The molecule has 0 saturated carbocycles. The Morgan fingerprint density at radius 2 is 2.17 bits per heavy atom. The molecule has 1 aromatic carbocycles. The molecule has 1 atom stereocenters. The minimum Gasteiger partial charge on any atom is -0.327 e. The van der Waals surface area contributed by atoms with Crippen molar-refractivity contribution in [3.8, 4) is 0 Å². The van der Waals surface area contributed by atoms with Crippen molar-refractivity contribution in [1.82, 2.24) is 4.90 Å². The van der Waals surface area contributed by atoms with Crippen LogP contribution in [0.15, 0.2) is 24.3 Å². The number of nitro groups is 1. The van der Waals surface area contributed by atoms with Crippen molar-refractivity contribution in [3.63, 3.8) is 0 Å². The molecule has 1 aromatic rings. The summed E-state index contributed by atoms with van der Waals surface area (Å²) in [6.07, 6.45) is 2.12. The van der Waals surface area contributed by atoms with Gasteiger partial charge in [-0.05, 0) is 19.4 Å². The van der Waals surface area contributed by atoms with Crippen LogP contribution >= 0.6 is 12.4 Å². The van der Waals surface area contributed by atoms with Crippen LogP contribution in [0.25, 0.3) is 0 Å². The lowest BCUT2D eigenvalue weighted by molar-refractivity contribution is -0.385. The Morgan fingerprint density at radius 1 is 1.44 bits per heavy atom. The lowest BCUT2D eigenvalue weighted by Crippen LogP contribution is -2.42. The average molecular weight is 272 g/mol. The predicted molar refractivity (Wildman–Crippen MR) is 72.8 cm³/mol. The quantitative estimate of drug-likeness (QED) is 0.674. The minimum absolute atomic E-state index is 0. The zero-order valence-electron chi connectivity index (χ0n) is 10.1. The first-order valence-electron chi connectivity index (χ1n) is 5.87. The van der Waals surface area contributed by atoms with Crippen molar-refractivity contribution in [2.24, 2.45) is 5.73 Å². The van der Waals surface area contributed by atoms with E-state index < -0.39 is 0 Å². The topological polar surface area (TPSA) is 72.4 Å². The standard InChI is InChI=1S/C12H17N3O2.ClH/c13-11-5-3-7-14(9-11)8-10-4-1-2-6-12(10)15(16)17;/h1-2,4,6,11H,3,5,7-9,13H2;1H/t11-;/m1./s1. The van der Waals surface area contributed by atoms with Crippen molar-refractivity contribution in [2.45, 2.75) is 25.4 Å². The first-order valence-corrected chi connectivity index (χ1v) is 5.87. The van der Waals surface area contributed by atoms with Gasteiger partial charge in [-0.3, -0.25) is 15.0 Å². The number of likely N-dealkylation sites (tertiary alicyclic amines) is 1. The van der Waals surface area contributed by atoms with Crippen LogP contribution in [0.2, 0.25) is 0 Å². The van der Waals surface area contributed by atoms with E-state index in [4.69, 9.17) is 5.73 Å². The van der Waals surface area contributed by atoms with Crippen LogP contribution in [-0.2, 0) is 6.54 Å². The third-order valence-electron chi connectivity index (χ3n) is 3.12. The van der Waals surface area contributed by atoms with Crippen LogP contribution < -0.4 is 5.73 Å². The maximum atomic E-state index is 10.9. The van der Waals surface area contributed by atoms with Crippen LogP contribution in [0.3, 0.4) is 0 Å². The Balaban J connectivity index is 0.00000162. The molecule has 0 aliphatic carbocycles. The summed E-state index contributed by atoms with van der Waals surface area (Å²) in [5, 5.41) is 10.9. The highest BCUT2D eigenvalue weighted by Gasteiger charge is 2.20. The minimum atomic E-state index is -0.320. The van der Waals surface area contributed by atoms with Gasteiger partial charge in [-0.1, -0.05) is 18.2 Å². The Labute approximate surface area is 113 Å². The molecule has 0 spiro atoms. The fraction of sp³-hybridized carbons (Fsp3) is 0.500. The molecule has 0 amide bonds. The summed E-state index contributed by atoms with van der Waals surface area (Å²) < 4.78 is 0. The molecule has 100 valence electrons. The number of piperidine rings is 1. The molecule has 5 nitrogen and oxygen atoms in total. The molecule has 18 heavy (non-hydrogen) atoms. The van der Waals surface area contributed by atoms with E-state index in [1.807, 2.05) is 12.1 Å². The Hall–Kier alpha value is -1.17. The van der Waals surface area contributed by atoms with Crippen molar-refractivity contribution in [1.29, 1.82) is 0 Å². The molecular formula is C12H18ClN3O2. The largest absolute Gasteiger partial charge is 0.327 e. The molecule has 0 bridgehead atoms. The van der Waals surface area contributed by atoms with Gasteiger partial charge < -0.3 is 5.73 Å². The highest BCUT2D eigenvalue weighted by Crippen LogP contribution is 2.21. The van der Waals surface area contributed by atoms with Crippen molar-refractivity contribution >= 4 is 18.1 Å². The van der Waals surface area contributed by atoms with Gasteiger partial charge in [0.1, 0.15) is 0 Å². The van der Waals surface area contributed by atoms with Gasteiger partial charge in [0.2, 0.25) is 0 Å². The summed E-state index contributed by atoms with van der Waals surface area (Å²) in [5.74, 6) is 0. The van der Waals surface area contributed by atoms with Gasteiger partial charge in [-0.25, -0.2) is 0 Å². The number of rotatable bonds is 3. The number of nitro benzene ring substituents is 1. The number of para-hydroxylation sites is 1. The average Bonchev–Trinajstić information content (AvgIpc) is 2.29. The maximum absolute atomic E-state index is 10.9. The van der Waals surface area contributed by atoms with Crippen LogP contribution in [0.1, 0.15) is 18.4 Å². The normalized spacial score (nSPS) is 20.2. The van der Waals surface area contributed by atoms with E-state index in [0.29, 0.717) is 6.54 Å². The zero-order chi connectivity index (χ0) is 12.3. The fourth-order valence-corrected chi connectivity index (χ4v) is 2.30. The van der Waals surface area contributed by atoms with Gasteiger partial charge in [0.25, 0.3) is 5.69 Å². The van der Waals surface area contributed by atoms with Crippen molar-refractivity contribution in [3.05, 3.63) is 39.9 Å². The second-order valence-corrected chi connectivity index (χ2v) is 4.52. The molecule has 1 fully saturated rings. The number of halogens is 1. The predicted octanol–water partition coefficient (Wildman–Crippen LogP) is 1.94. The van der Waals surface area contributed by atoms with Gasteiger partial charge >= 0.3 is 0 Å². The van der Waals surface area contributed by atoms with Crippen LogP contribution in [0.4, 0.5) is 5.69 Å². The molecule has 1 saturated heterocycles. The molecule has 2 rings (SSSR count). The number of benzene rings is 1. The fourth-order valence-electron chi connectivity index (χ4n) is 2.30. The SMILES string of the molecule is Cl.N[C@@H]1CCCN(Cc2ccccc2[N+](=O)[O-])C1. The van der Waals surface area contributed by atoms with E-state index >= 15 is 0 Å².